The number of ether oxygens (including phenoxy) is 5. The van der Waals surface area contributed by atoms with Gasteiger partial charge in [0.05, 0.1) is 19.6 Å². The Bertz CT molecular complexity index is 1380. The SMILES string of the molecule is CCCCOc1ccc(C2C(C#N)=C(N)Oc3cc(OC(=O)COc4ccc(Br)cc4)ccc32)cc1OC. The van der Waals surface area contributed by atoms with Gasteiger partial charge < -0.3 is 29.4 Å². The highest BCUT2D eigenvalue weighted by Crippen LogP contribution is 2.45. The summed E-state index contributed by atoms with van der Waals surface area (Å²) < 4.78 is 29.0. The number of carbonyl (C=O) groups excluding carboxylic acids is 1. The molecule has 0 spiro atoms. The van der Waals surface area contributed by atoms with Gasteiger partial charge in [0.2, 0.25) is 5.88 Å². The van der Waals surface area contributed by atoms with Crippen LogP contribution >= 0.6 is 15.9 Å². The predicted molar refractivity (Wildman–Crippen MR) is 144 cm³/mol. The summed E-state index contributed by atoms with van der Waals surface area (Å²) in [6.45, 7) is 2.41. The topological polar surface area (TPSA) is 113 Å². The highest BCUT2D eigenvalue weighted by molar-refractivity contribution is 9.10. The van der Waals surface area contributed by atoms with E-state index in [4.69, 9.17) is 29.4 Å². The first-order valence-electron chi connectivity index (χ1n) is 12.0. The minimum absolute atomic E-state index is 0.0192. The number of esters is 1. The molecule has 0 saturated carbocycles. The van der Waals surface area contributed by atoms with Gasteiger partial charge in [0.1, 0.15) is 28.9 Å². The maximum Gasteiger partial charge on any atom is 0.349 e. The number of unbranched alkanes of at least 4 members (excludes halogenated alkanes) is 1. The monoisotopic (exact) mass is 578 g/mol. The van der Waals surface area contributed by atoms with Gasteiger partial charge in [-0.15, -0.1) is 0 Å². The largest absolute Gasteiger partial charge is 0.493 e. The van der Waals surface area contributed by atoms with Gasteiger partial charge in [0.25, 0.3) is 0 Å². The number of nitrogens with zero attached hydrogens (tertiary/aromatic N) is 1. The molecule has 0 saturated heterocycles. The molecule has 1 aliphatic heterocycles. The van der Waals surface area contributed by atoms with Crippen molar-refractivity contribution < 1.29 is 28.5 Å². The van der Waals surface area contributed by atoms with Crippen molar-refractivity contribution in [2.75, 3.05) is 20.3 Å². The van der Waals surface area contributed by atoms with Crippen LogP contribution in [-0.2, 0) is 4.79 Å². The van der Waals surface area contributed by atoms with E-state index in [0.717, 1.165) is 22.9 Å². The maximum atomic E-state index is 12.4. The van der Waals surface area contributed by atoms with Crippen LogP contribution in [0.4, 0.5) is 0 Å². The minimum atomic E-state index is -0.579. The van der Waals surface area contributed by atoms with Gasteiger partial charge in [-0.05, 0) is 54.4 Å². The average Bonchev–Trinajstić information content (AvgIpc) is 2.92. The van der Waals surface area contributed by atoms with E-state index < -0.39 is 11.9 Å². The van der Waals surface area contributed by atoms with Crippen LogP contribution in [0.5, 0.6) is 28.7 Å². The smallest absolute Gasteiger partial charge is 0.349 e. The first-order valence-corrected chi connectivity index (χ1v) is 12.8. The number of carbonyl (C=O) groups is 1. The zero-order valence-electron chi connectivity index (χ0n) is 21.0. The standard InChI is InChI=1S/C29H27BrN2O6/c1-3-4-13-35-24-12-5-18(14-26(24)34-2)28-22-11-10-21(15-25(22)38-29(32)23(28)16-31)37-27(33)17-36-20-8-6-19(30)7-9-20/h5-12,14-15,28H,3-4,13,17,32H2,1-2H3. The van der Waals surface area contributed by atoms with E-state index in [1.807, 2.05) is 30.3 Å². The molecule has 3 aromatic rings. The maximum absolute atomic E-state index is 12.4. The lowest BCUT2D eigenvalue weighted by Crippen LogP contribution is -2.22. The first kappa shape index (κ1) is 26.9. The zero-order chi connectivity index (χ0) is 27.1. The summed E-state index contributed by atoms with van der Waals surface area (Å²) in [5.74, 6) is 1.26. The number of nitriles is 1. The normalized spacial score (nSPS) is 14.1. The summed E-state index contributed by atoms with van der Waals surface area (Å²) in [5.41, 5.74) is 7.88. The average molecular weight is 579 g/mol. The van der Waals surface area contributed by atoms with Gasteiger partial charge in [0.15, 0.2) is 18.1 Å². The molecular weight excluding hydrogens is 552 g/mol. The number of halogens is 1. The number of fused-ring (bicyclic) bond motifs is 1. The van der Waals surface area contributed by atoms with Gasteiger partial charge in [-0.1, -0.05) is 41.4 Å². The molecule has 0 amide bonds. The summed E-state index contributed by atoms with van der Waals surface area (Å²) in [4.78, 5) is 12.4. The number of allylic oxidation sites excluding steroid dienone is 1. The lowest BCUT2D eigenvalue weighted by Gasteiger charge is -2.27. The zero-order valence-corrected chi connectivity index (χ0v) is 22.6. The Hall–Kier alpha value is -4.16. The Morgan fingerprint density at radius 3 is 2.53 bits per heavy atom. The van der Waals surface area contributed by atoms with Crippen molar-refractivity contribution in [2.45, 2.75) is 25.7 Å². The fourth-order valence-electron chi connectivity index (χ4n) is 3.99. The molecule has 0 fully saturated rings. The van der Waals surface area contributed by atoms with Crippen molar-refractivity contribution in [2.24, 2.45) is 5.73 Å². The molecule has 4 rings (SSSR count). The third kappa shape index (κ3) is 6.21. The molecule has 1 aliphatic rings. The van der Waals surface area contributed by atoms with Gasteiger partial charge in [-0.3, -0.25) is 0 Å². The predicted octanol–water partition coefficient (Wildman–Crippen LogP) is 5.84. The highest BCUT2D eigenvalue weighted by Gasteiger charge is 2.31. The summed E-state index contributed by atoms with van der Waals surface area (Å²) in [5, 5.41) is 9.88. The fourth-order valence-corrected chi connectivity index (χ4v) is 4.25. The van der Waals surface area contributed by atoms with Crippen LogP contribution in [0.3, 0.4) is 0 Å². The number of hydrogen-bond donors (Lipinski definition) is 1. The Labute approximate surface area is 229 Å². The molecule has 3 aromatic carbocycles. The molecule has 0 aliphatic carbocycles. The van der Waals surface area contributed by atoms with Crippen molar-refractivity contribution >= 4 is 21.9 Å². The molecule has 1 unspecified atom stereocenters. The molecule has 0 bridgehead atoms. The Morgan fingerprint density at radius 2 is 1.82 bits per heavy atom. The van der Waals surface area contributed by atoms with E-state index in [1.165, 1.54) is 0 Å². The molecule has 0 aromatic heterocycles. The second kappa shape index (κ2) is 12.4. The third-order valence-electron chi connectivity index (χ3n) is 5.87. The minimum Gasteiger partial charge on any atom is -0.493 e. The molecule has 0 radical (unpaired) electrons. The fraction of sp³-hybridized carbons (Fsp3) is 0.241. The summed E-state index contributed by atoms with van der Waals surface area (Å²) in [6.07, 6.45) is 1.95. The highest BCUT2D eigenvalue weighted by atomic mass is 79.9. The number of benzene rings is 3. The van der Waals surface area contributed by atoms with Crippen LogP contribution in [0.25, 0.3) is 0 Å². The quantitative estimate of drug-likeness (QED) is 0.181. The first-order chi connectivity index (χ1) is 18.4. The van der Waals surface area contributed by atoms with Crippen molar-refractivity contribution in [1.29, 1.82) is 5.26 Å². The summed E-state index contributed by atoms with van der Waals surface area (Å²) in [7, 11) is 1.57. The Morgan fingerprint density at radius 1 is 1.05 bits per heavy atom. The van der Waals surface area contributed by atoms with Gasteiger partial charge in [-0.2, -0.15) is 5.26 Å². The van der Waals surface area contributed by atoms with Crippen LogP contribution < -0.4 is 29.4 Å². The van der Waals surface area contributed by atoms with Crippen LogP contribution in [0.15, 0.2) is 76.6 Å². The van der Waals surface area contributed by atoms with Crippen LogP contribution in [0, 0.1) is 11.3 Å². The second-order valence-corrected chi connectivity index (χ2v) is 9.37. The van der Waals surface area contributed by atoms with E-state index in [0.29, 0.717) is 35.2 Å². The Balaban J connectivity index is 1.55. The third-order valence-corrected chi connectivity index (χ3v) is 6.40. The molecule has 1 heterocycles. The summed E-state index contributed by atoms with van der Waals surface area (Å²) in [6, 6.07) is 19.8. The van der Waals surface area contributed by atoms with Crippen molar-refractivity contribution in [1.82, 2.24) is 0 Å². The van der Waals surface area contributed by atoms with Crippen LogP contribution in [0.2, 0.25) is 0 Å². The van der Waals surface area contributed by atoms with Gasteiger partial charge in [0, 0.05) is 16.1 Å². The van der Waals surface area contributed by atoms with Crippen LogP contribution in [0.1, 0.15) is 36.8 Å². The van der Waals surface area contributed by atoms with E-state index in [9.17, 15) is 10.1 Å². The molecule has 38 heavy (non-hydrogen) atoms. The summed E-state index contributed by atoms with van der Waals surface area (Å²) >= 11 is 3.35. The molecule has 1 atom stereocenters. The number of nitrogens with two attached hydrogens (primary N) is 1. The van der Waals surface area contributed by atoms with E-state index in [2.05, 4.69) is 28.9 Å². The van der Waals surface area contributed by atoms with Gasteiger partial charge in [-0.25, -0.2) is 4.79 Å². The van der Waals surface area contributed by atoms with Gasteiger partial charge >= 0.3 is 5.97 Å². The number of methoxy groups -OCH3 is 1. The lowest BCUT2D eigenvalue weighted by molar-refractivity contribution is -0.136. The van der Waals surface area contributed by atoms with Crippen molar-refractivity contribution in [3.8, 4) is 34.8 Å². The molecule has 2 N–H and O–H groups in total. The van der Waals surface area contributed by atoms with Crippen LogP contribution in [-0.4, -0.2) is 26.3 Å². The van der Waals surface area contributed by atoms with Crippen molar-refractivity contribution in [3.05, 3.63) is 87.7 Å². The lowest BCUT2D eigenvalue weighted by atomic mass is 9.83. The molecule has 8 nitrogen and oxygen atoms in total. The molecular formula is C29H27BrN2O6. The number of hydrogen-bond acceptors (Lipinski definition) is 8. The Kier molecular flexibility index (Phi) is 8.77. The second-order valence-electron chi connectivity index (χ2n) is 8.45. The van der Waals surface area contributed by atoms with E-state index in [1.54, 1.807) is 37.4 Å². The van der Waals surface area contributed by atoms with E-state index >= 15 is 0 Å². The molecule has 196 valence electrons. The van der Waals surface area contributed by atoms with E-state index in [-0.39, 0.29) is 23.8 Å². The number of rotatable bonds is 10. The van der Waals surface area contributed by atoms with Crippen molar-refractivity contribution in [3.63, 3.8) is 0 Å². The molecule has 9 heteroatoms.